The second-order valence-electron chi connectivity index (χ2n) is 6.58. The maximum atomic E-state index is 5.57. The number of benzene rings is 1. The predicted molar refractivity (Wildman–Crippen MR) is 96.3 cm³/mol. The average molecular weight is 328 g/mol. The molecule has 1 aromatic carbocycles. The molecule has 1 aliphatic heterocycles. The number of hydrogen-bond acceptors (Lipinski definition) is 4. The van der Waals surface area contributed by atoms with E-state index in [0.29, 0.717) is 6.04 Å². The first kappa shape index (κ1) is 17.0. The molecule has 1 aliphatic rings. The fourth-order valence-electron chi connectivity index (χ4n) is 3.45. The standard InChI is InChI=1S/C19H28N4O/c1-5-19-20-14(2)16(21-19)12-23-11-10-22(3)17(13-23)15-8-6-7-9-18(15)24-4/h6-9,17H,5,10-13H2,1-4H3,(H,20,21)/t17-/m0/s1. The van der Waals surface area contributed by atoms with Gasteiger partial charge in [0.2, 0.25) is 0 Å². The minimum absolute atomic E-state index is 0.347. The summed E-state index contributed by atoms with van der Waals surface area (Å²) in [6, 6.07) is 8.70. The maximum absolute atomic E-state index is 5.57. The molecule has 1 saturated heterocycles. The third kappa shape index (κ3) is 3.47. The Morgan fingerprint density at radius 3 is 2.79 bits per heavy atom. The highest BCUT2D eigenvalue weighted by Crippen LogP contribution is 2.31. The average Bonchev–Trinajstić information content (AvgIpc) is 2.96. The van der Waals surface area contributed by atoms with Gasteiger partial charge in [0.1, 0.15) is 11.6 Å². The van der Waals surface area contributed by atoms with Crippen molar-refractivity contribution in [2.75, 3.05) is 33.8 Å². The number of imidazole rings is 1. The highest BCUT2D eigenvalue weighted by molar-refractivity contribution is 5.36. The first-order chi connectivity index (χ1) is 11.6. The van der Waals surface area contributed by atoms with Crippen molar-refractivity contribution in [3.8, 4) is 5.75 Å². The molecule has 0 radical (unpaired) electrons. The number of likely N-dealkylation sites (N-methyl/N-ethyl adjacent to an activating group) is 1. The van der Waals surface area contributed by atoms with Crippen LogP contribution in [0.1, 0.15) is 35.7 Å². The predicted octanol–water partition coefficient (Wildman–Crippen LogP) is 2.78. The Morgan fingerprint density at radius 2 is 2.08 bits per heavy atom. The van der Waals surface area contributed by atoms with Crippen LogP contribution in [-0.4, -0.2) is 53.6 Å². The molecule has 24 heavy (non-hydrogen) atoms. The molecule has 130 valence electrons. The molecule has 0 saturated carbocycles. The molecule has 5 heteroatoms. The van der Waals surface area contributed by atoms with Gasteiger partial charge in [-0.3, -0.25) is 9.80 Å². The Hall–Kier alpha value is -1.85. The third-order valence-electron chi connectivity index (χ3n) is 4.97. The Bertz CT molecular complexity index is 682. The van der Waals surface area contributed by atoms with Crippen LogP contribution < -0.4 is 4.74 Å². The third-order valence-corrected chi connectivity index (χ3v) is 4.97. The van der Waals surface area contributed by atoms with Crippen molar-refractivity contribution in [2.24, 2.45) is 0 Å². The van der Waals surface area contributed by atoms with Crippen molar-refractivity contribution in [1.29, 1.82) is 0 Å². The zero-order valence-corrected chi connectivity index (χ0v) is 15.2. The zero-order chi connectivity index (χ0) is 17.1. The van der Waals surface area contributed by atoms with E-state index in [1.807, 2.05) is 12.1 Å². The van der Waals surface area contributed by atoms with E-state index in [2.05, 4.69) is 47.8 Å². The number of rotatable bonds is 5. The Morgan fingerprint density at radius 1 is 1.29 bits per heavy atom. The molecule has 1 atom stereocenters. The molecule has 1 N–H and O–H groups in total. The van der Waals surface area contributed by atoms with Gasteiger partial charge in [-0.2, -0.15) is 0 Å². The molecular formula is C19H28N4O. The van der Waals surface area contributed by atoms with E-state index >= 15 is 0 Å². The molecule has 2 heterocycles. The summed E-state index contributed by atoms with van der Waals surface area (Å²) < 4.78 is 5.57. The lowest BCUT2D eigenvalue weighted by Crippen LogP contribution is -2.46. The van der Waals surface area contributed by atoms with Crippen molar-refractivity contribution in [3.05, 3.63) is 47.0 Å². The Kier molecular flexibility index (Phi) is 5.21. The summed E-state index contributed by atoms with van der Waals surface area (Å²) in [5, 5.41) is 0. The van der Waals surface area contributed by atoms with Gasteiger partial charge in [-0.1, -0.05) is 25.1 Å². The van der Waals surface area contributed by atoms with Crippen molar-refractivity contribution in [1.82, 2.24) is 19.8 Å². The van der Waals surface area contributed by atoms with Crippen molar-refractivity contribution in [2.45, 2.75) is 32.9 Å². The monoisotopic (exact) mass is 328 g/mol. The van der Waals surface area contributed by atoms with Crippen molar-refractivity contribution in [3.63, 3.8) is 0 Å². The van der Waals surface area contributed by atoms with E-state index in [1.54, 1.807) is 7.11 Å². The van der Waals surface area contributed by atoms with E-state index in [-0.39, 0.29) is 0 Å². The van der Waals surface area contributed by atoms with Crippen LogP contribution in [0.3, 0.4) is 0 Å². The molecule has 3 rings (SSSR count). The minimum Gasteiger partial charge on any atom is -0.496 e. The zero-order valence-electron chi connectivity index (χ0n) is 15.2. The van der Waals surface area contributed by atoms with Gasteiger partial charge < -0.3 is 9.72 Å². The number of piperazine rings is 1. The van der Waals surface area contributed by atoms with Crippen LogP contribution in [0, 0.1) is 6.92 Å². The number of H-pyrrole nitrogens is 1. The molecule has 0 aliphatic carbocycles. The lowest BCUT2D eigenvalue weighted by atomic mass is 10.0. The molecular weight excluding hydrogens is 300 g/mol. The minimum atomic E-state index is 0.347. The highest BCUT2D eigenvalue weighted by atomic mass is 16.5. The molecule has 0 unspecified atom stereocenters. The van der Waals surface area contributed by atoms with Crippen LogP contribution in [0.15, 0.2) is 24.3 Å². The van der Waals surface area contributed by atoms with Crippen LogP contribution in [0.4, 0.5) is 0 Å². The SMILES string of the molecule is CCc1nc(CN2CCN(C)[C@H](c3ccccc3OC)C2)c(C)[nH]1. The Balaban J connectivity index is 1.76. The van der Waals surface area contributed by atoms with Gasteiger partial charge in [-0.25, -0.2) is 4.98 Å². The van der Waals surface area contributed by atoms with Gasteiger partial charge >= 0.3 is 0 Å². The Labute approximate surface area is 144 Å². The lowest BCUT2D eigenvalue weighted by Gasteiger charge is -2.40. The quantitative estimate of drug-likeness (QED) is 0.917. The van der Waals surface area contributed by atoms with Crippen LogP contribution in [0.25, 0.3) is 0 Å². The number of nitrogens with zero attached hydrogens (tertiary/aromatic N) is 3. The number of para-hydroxylation sites is 1. The van der Waals surface area contributed by atoms with Crippen LogP contribution in [0.5, 0.6) is 5.75 Å². The van der Waals surface area contributed by atoms with Gasteiger partial charge in [0, 0.05) is 43.9 Å². The lowest BCUT2D eigenvalue weighted by molar-refractivity contribution is 0.0881. The molecule has 1 aromatic heterocycles. The summed E-state index contributed by atoms with van der Waals surface area (Å²) in [4.78, 5) is 13.0. The van der Waals surface area contributed by atoms with E-state index in [0.717, 1.165) is 44.2 Å². The van der Waals surface area contributed by atoms with Crippen molar-refractivity contribution >= 4 is 0 Å². The smallest absolute Gasteiger partial charge is 0.123 e. The topological polar surface area (TPSA) is 44.4 Å². The summed E-state index contributed by atoms with van der Waals surface area (Å²) >= 11 is 0. The number of aromatic nitrogens is 2. The summed E-state index contributed by atoms with van der Waals surface area (Å²) in [5.41, 5.74) is 3.63. The van der Waals surface area contributed by atoms with Gasteiger partial charge in [-0.15, -0.1) is 0 Å². The molecule has 0 bridgehead atoms. The summed E-state index contributed by atoms with van der Waals surface area (Å²) in [6.45, 7) is 8.26. The number of nitrogens with one attached hydrogen (secondary N) is 1. The van der Waals surface area contributed by atoms with E-state index in [4.69, 9.17) is 9.72 Å². The second kappa shape index (κ2) is 7.36. The van der Waals surface area contributed by atoms with Crippen LogP contribution >= 0.6 is 0 Å². The first-order valence-corrected chi connectivity index (χ1v) is 8.72. The van der Waals surface area contributed by atoms with Crippen LogP contribution in [-0.2, 0) is 13.0 Å². The molecule has 5 nitrogen and oxygen atoms in total. The molecule has 1 fully saturated rings. The molecule has 0 spiro atoms. The number of ether oxygens (including phenoxy) is 1. The largest absolute Gasteiger partial charge is 0.496 e. The second-order valence-corrected chi connectivity index (χ2v) is 6.58. The van der Waals surface area contributed by atoms with Gasteiger partial charge in [-0.05, 0) is 20.0 Å². The maximum Gasteiger partial charge on any atom is 0.123 e. The number of methoxy groups -OCH3 is 1. The van der Waals surface area contributed by atoms with Crippen LogP contribution in [0.2, 0.25) is 0 Å². The molecule has 0 amide bonds. The first-order valence-electron chi connectivity index (χ1n) is 8.72. The molecule has 2 aromatic rings. The summed E-state index contributed by atoms with van der Waals surface area (Å²) in [5.74, 6) is 2.05. The van der Waals surface area contributed by atoms with Gasteiger partial charge in [0.15, 0.2) is 0 Å². The normalized spacial score (nSPS) is 19.6. The van der Waals surface area contributed by atoms with E-state index in [1.165, 1.54) is 17.0 Å². The number of aromatic amines is 1. The number of hydrogen-bond donors (Lipinski definition) is 1. The van der Waals surface area contributed by atoms with Gasteiger partial charge in [0.25, 0.3) is 0 Å². The van der Waals surface area contributed by atoms with E-state index in [9.17, 15) is 0 Å². The fraction of sp³-hybridized carbons (Fsp3) is 0.526. The van der Waals surface area contributed by atoms with E-state index < -0.39 is 0 Å². The van der Waals surface area contributed by atoms with Gasteiger partial charge in [0.05, 0.1) is 18.8 Å². The summed E-state index contributed by atoms with van der Waals surface area (Å²) in [6.07, 6.45) is 0.952. The fourth-order valence-corrected chi connectivity index (χ4v) is 3.45. The summed E-state index contributed by atoms with van der Waals surface area (Å²) in [7, 11) is 3.95. The van der Waals surface area contributed by atoms with Crippen molar-refractivity contribution < 1.29 is 4.74 Å². The number of aryl methyl sites for hydroxylation is 2. The highest BCUT2D eigenvalue weighted by Gasteiger charge is 2.28.